The molecule has 0 radical (unpaired) electrons. The van der Waals surface area contributed by atoms with Gasteiger partial charge in [-0.25, -0.2) is 0 Å². The van der Waals surface area contributed by atoms with Gasteiger partial charge in [0.05, 0.1) is 16.5 Å². The summed E-state index contributed by atoms with van der Waals surface area (Å²) in [6, 6.07) is 13.4. The van der Waals surface area contributed by atoms with Crippen LogP contribution in [0.4, 0.5) is 0 Å². The van der Waals surface area contributed by atoms with Crippen molar-refractivity contribution in [1.29, 1.82) is 0 Å². The normalized spacial score (nSPS) is 17.9. The maximum atomic E-state index is 13.3. The fraction of sp³-hybridized carbons (Fsp3) is 0.375. The molecular weight excluding hydrogens is 350 g/mol. The van der Waals surface area contributed by atoms with E-state index in [2.05, 4.69) is 11.8 Å². The minimum Gasteiger partial charge on any atom is -0.507 e. The monoisotopic (exact) mass is 377 g/mol. The quantitative estimate of drug-likeness (QED) is 0.676. The second-order valence-electron chi connectivity index (χ2n) is 7.70. The molecule has 28 heavy (non-hydrogen) atoms. The highest BCUT2D eigenvalue weighted by molar-refractivity contribution is 5.86. The number of rotatable bonds is 4. The second kappa shape index (κ2) is 7.80. The molecule has 2 aromatic carbocycles. The summed E-state index contributed by atoms with van der Waals surface area (Å²) in [6.45, 7) is 5.66. The summed E-state index contributed by atoms with van der Waals surface area (Å²) in [4.78, 5) is 15.7. The predicted octanol–water partition coefficient (Wildman–Crippen LogP) is 5.24. The molecule has 1 aliphatic rings. The molecule has 1 saturated heterocycles. The van der Waals surface area contributed by atoms with E-state index in [1.54, 1.807) is 12.1 Å². The Labute approximate surface area is 165 Å². The van der Waals surface area contributed by atoms with Crippen LogP contribution in [0.1, 0.15) is 43.9 Å². The summed E-state index contributed by atoms with van der Waals surface area (Å²) in [5.74, 6) is 0.782. The zero-order valence-electron chi connectivity index (χ0n) is 16.6. The first-order chi connectivity index (χ1) is 13.6. The summed E-state index contributed by atoms with van der Waals surface area (Å²) in [7, 11) is 0. The van der Waals surface area contributed by atoms with Gasteiger partial charge in [-0.2, -0.15) is 0 Å². The summed E-state index contributed by atoms with van der Waals surface area (Å²) in [5.41, 5.74) is 2.64. The van der Waals surface area contributed by atoms with Crippen LogP contribution in [0.2, 0.25) is 0 Å². The van der Waals surface area contributed by atoms with E-state index in [1.165, 1.54) is 19.3 Å². The van der Waals surface area contributed by atoms with E-state index in [9.17, 15) is 9.90 Å². The summed E-state index contributed by atoms with van der Waals surface area (Å²) >= 11 is 0. The van der Waals surface area contributed by atoms with Gasteiger partial charge < -0.3 is 9.52 Å². The maximum absolute atomic E-state index is 13.3. The molecule has 1 N–H and O–H groups in total. The number of phenolic OH excluding ortho intramolecular Hbond substituents is 1. The highest BCUT2D eigenvalue weighted by Crippen LogP contribution is 2.32. The zero-order chi connectivity index (χ0) is 19.7. The number of hydrogen-bond acceptors (Lipinski definition) is 4. The molecule has 0 amide bonds. The van der Waals surface area contributed by atoms with E-state index in [-0.39, 0.29) is 11.2 Å². The van der Waals surface area contributed by atoms with Crippen LogP contribution in [0, 0.1) is 6.92 Å². The molecule has 0 aliphatic carbocycles. The molecule has 1 aromatic heterocycles. The van der Waals surface area contributed by atoms with Crippen molar-refractivity contribution in [3.63, 3.8) is 0 Å². The van der Waals surface area contributed by atoms with Crippen LogP contribution >= 0.6 is 0 Å². The molecule has 1 atom stereocenters. The summed E-state index contributed by atoms with van der Waals surface area (Å²) < 4.78 is 6.16. The lowest BCUT2D eigenvalue weighted by Gasteiger charge is -2.35. The highest BCUT2D eigenvalue weighted by atomic mass is 16.3. The van der Waals surface area contributed by atoms with Gasteiger partial charge in [0.25, 0.3) is 0 Å². The first kappa shape index (κ1) is 18.8. The molecule has 0 saturated carbocycles. The molecule has 1 aliphatic heterocycles. The Balaban J connectivity index is 1.84. The average Bonchev–Trinajstić information content (AvgIpc) is 2.71. The van der Waals surface area contributed by atoms with E-state index < -0.39 is 0 Å². The van der Waals surface area contributed by atoms with Crippen LogP contribution in [0.5, 0.6) is 5.75 Å². The minimum atomic E-state index is -0.0446. The Bertz CT molecular complexity index is 1040. The molecule has 146 valence electrons. The zero-order valence-corrected chi connectivity index (χ0v) is 16.6. The highest BCUT2D eigenvalue weighted by Gasteiger charge is 2.24. The molecule has 4 rings (SSSR count). The first-order valence-electron chi connectivity index (χ1n) is 10.2. The van der Waals surface area contributed by atoms with Gasteiger partial charge in [0.1, 0.15) is 17.1 Å². The molecule has 2 heterocycles. The van der Waals surface area contributed by atoms with Gasteiger partial charge in [0.15, 0.2) is 0 Å². The van der Waals surface area contributed by atoms with Gasteiger partial charge in [-0.05, 0) is 50.4 Å². The van der Waals surface area contributed by atoms with Crippen LogP contribution in [0.15, 0.2) is 51.7 Å². The lowest BCUT2D eigenvalue weighted by atomic mass is 9.97. The molecule has 0 spiro atoms. The summed E-state index contributed by atoms with van der Waals surface area (Å²) in [6.07, 6.45) is 4.70. The van der Waals surface area contributed by atoms with Gasteiger partial charge in [0, 0.05) is 12.6 Å². The number of nitrogens with zero attached hydrogens (tertiary/aromatic N) is 1. The van der Waals surface area contributed by atoms with Crippen molar-refractivity contribution in [2.24, 2.45) is 0 Å². The van der Waals surface area contributed by atoms with Crippen molar-refractivity contribution in [1.82, 2.24) is 4.90 Å². The number of phenols is 1. The Kier molecular flexibility index (Phi) is 5.23. The second-order valence-corrected chi connectivity index (χ2v) is 7.70. The third-order valence-electron chi connectivity index (χ3n) is 5.96. The number of aryl methyl sites for hydroxylation is 1. The molecular formula is C24H27NO3. The van der Waals surface area contributed by atoms with Crippen molar-refractivity contribution in [3.05, 3.63) is 64.0 Å². The third-order valence-corrected chi connectivity index (χ3v) is 5.96. The van der Waals surface area contributed by atoms with Crippen LogP contribution in [-0.2, 0) is 6.54 Å². The standard InChI is InChI=1S/C24H27NO3/c1-3-18-11-7-8-14-25(18)15-20-21(26)13-12-19-23(27)22(16(2)28-24(19)20)17-9-5-4-6-10-17/h4-6,9-10,12-13,18,26H,3,7-8,11,14-15H2,1-2H3/t18-/m0/s1. The van der Waals surface area contributed by atoms with Crippen LogP contribution < -0.4 is 5.43 Å². The summed E-state index contributed by atoms with van der Waals surface area (Å²) in [5, 5.41) is 11.1. The molecule has 0 unspecified atom stereocenters. The largest absolute Gasteiger partial charge is 0.507 e. The van der Waals surface area contributed by atoms with E-state index in [4.69, 9.17) is 4.42 Å². The third kappa shape index (κ3) is 3.33. The topological polar surface area (TPSA) is 53.7 Å². The molecule has 0 bridgehead atoms. The number of likely N-dealkylation sites (tertiary alicyclic amines) is 1. The van der Waals surface area contributed by atoms with Gasteiger partial charge in [-0.3, -0.25) is 9.69 Å². The van der Waals surface area contributed by atoms with Gasteiger partial charge >= 0.3 is 0 Å². The Morgan fingerprint density at radius 2 is 1.93 bits per heavy atom. The number of hydrogen-bond donors (Lipinski definition) is 1. The molecule has 4 nitrogen and oxygen atoms in total. The Morgan fingerprint density at radius 3 is 2.68 bits per heavy atom. The fourth-order valence-corrected chi connectivity index (χ4v) is 4.44. The van der Waals surface area contributed by atoms with Crippen molar-refractivity contribution < 1.29 is 9.52 Å². The van der Waals surface area contributed by atoms with E-state index in [0.717, 1.165) is 24.1 Å². The van der Waals surface area contributed by atoms with E-state index in [0.29, 0.717) is 34.9 Å². The minimum absolute atomic E-state index is 0.0446. The van der Waals surface area contributed by atoms with Crippen molar-refractivity contribution in [2.75, 3.05) is 6.54 Å². The lowest BCUT2D eigenvalue weighted by Crippen LogP contribution is -2.38. The molecule has 3 aromatic rings. The Hall–Kier alpha value is -2.59. The van der Waals surface area contributed by atoms with E-state index in [1.807, 2.05) is 37.3 Å². The predicted molar refractivity (Wildman–Crippen MR) is 113 cm³/mol. The van der Waals surface area contributed by atoms with Gasteiger partial charge in [0.2, 0.25) is 5.43 Å². The van der Waals surface area contributed by atoms with Crippen molar-refractivity contribution in [2.45, 2.75) is 52.1 Å². The fourth-order valence-electron chi connectivity index (χ4n) is 4.44. The average molecular weight is 377 g/mol. The van der Waals surface area contributed by atoms with Crippen molar-refractivity contribution >= 4 is 11.0 Å². The van der Waals surface area contributed by atoms with E-state index >= 15 is 0 Å². The van der Waals surface area contributed by atoms with Gasteiger partial charge in [-0.15, -0.1) is 0 Å². The SMILES string of the molecule is CC[C@H]1CCCCN1Cc1c(O)ccc2c(=O)c(-c3ccccc3)c(C)oc12. The molecule has 1 fully saturated rings. The van der Waals surface area contributed by atoms with Crippen LogP contribution in [-0.4, -0.2) is 22.6 Å². The Morgan fingerprint density at radius 1 is 1.14 bits per heavy atom. The smallest absolute Gasteiger partial charge is 0.200 e. The van der Waals surface area contributed by atoms with Crippen molar-refractivity contribution in [3.8, 4) is 16.9 Å². The maximum Gasteiger partial charge on any atom is 0.200 e. The lowest BCUT2D eigenvalue weighted by molar-refractivity contribution is 0.135. The van der Waals surface area contributed by atoms with Crippen LogP contribution in [0.25, 0.3) is 22.1 Å². The number of piperidine rings is 1. The molecule has 4 heteroatoms. The number of aromatic hydroxyl groups is 1. The number of fused-ring (bicyclic) bond motifs is 1. The number of benzene rings is 2. The van der Waals surface area contributed by atoms with Crippen LogP contribution in [0.3, 0.4) is 0 Å². The van der Waals surface area contributed by atoms with Gasteiger partial charge in [-0.1, -0.05) is 43.7 Å². The first-order valence-corrected chi connectivity index (χ1v) is 10.2.